The van der Waals surface area contributed by atoms with Gasteiger partial charge in [-0.2, -0.15) is 13.2 Å². The molecule has 3 rings (SSSR count). The van der Waals surface area contributed by atoms with Gasteiger partial charge in [0.05, 0.1) is 11.3 Å². The van der Waals surface area contributed by atoms with E-state index in [9.17, 15) is 22.8 Å². The number of nitrogens with zero attached hydrogens (tertiary/aromatic N) is 1. The largest absolute Gasteiger partial charge is 0.416 e. The number of alkyl halides is 3. The summed E-state index contributed by atoms with van der Waals surface area (Å²) in [6.45, 7) is 2.07. The van der Waals surface area contributed by atoms with Crippen molar-refractivity contribution in [1.29, 1.82) is 0 Å². The zero-order valence-electron chi connectivity index (χ0n) is 16.5. The molecule has 0 saturated carbocycles. The lowest BCUT2D eigenvalue weighted by Crippen LogP contribution is -2.28. The fourth-order valence-electron chi connectivity index (χ4n) is 3.29. The molecule has 30 heavy (non-hydrogen) atoms. The monoisotopic (exact) mass is 436 g/mol. The van der Waals surface area contributed by atoms with Crippen LogP contribution in [0.4, 0.5) is 24.5 Å². The number of halogens is 3. The second-order valence-corrected chi connectivity index (χ2v) is 8.17. The Morgan fingerprint density at radius 3 is 2.57 bits per heavy atom. The first kappa shape index (κ1) is 22.2. The molecule has 0 radical (unpaired) electrons. The van der Waals surface area contributed by atoms with Gasteiger partial charge in [-0.05, 0) is 48.4 Å². The van der Waals surface area contributed by atoms with Crippen molar-refractivity contribution in [2.75, 3.05) is 16.0 Å². The molecular weight excluding hydrogens is 413 g/mol. The molecule has 0 aromatic heterocycles. The highest BCUT2D eigenvalue weighted by atomic mass is 32.2. The molecule has 8 heteroatoms. The number of amides is 2. The van der Waals surface area contributed by atoms with Crippen LogP contribution in [-0.4, -0.2) is 17.6 Å². The van der Waals surface area contributed by atoms with E-state index in [0.717, 1.165) is 37.0 Å². The molecule has 1 unspecified atom stereocenters. The van der Waals surface area contributed by atoms with Crippen LogP contribution in [0.15, 0.2) is 48.5 Å². The van der Waals surface area contributed by atoms with E-state index >= 15 is 0 Å². The molecule has 1 aliphatic heterocycles. The summed E-state index contributed by atoms with van der Waals surface area (Å²) < 4.78 is 38.5. The van der Waals surface area contributed by atoms with Gasteiger partial charge in [-0.3, -0.25) is 14.5 Å². The van der Waals surface area contributed by atoms with Gasteiger partial charge >= 0.3 is 6.18 Å². The van der Waals surface area contributed by atoms with Crippen molar-refractivity contribution in [1.82, 2.24) is 0 Å². The number of anilines is 2. The van der Waals surface area contributed by atoms with Gasteiger partial charge < -0.3 is 5.32 Å². The number of thioether (sulfide) groups is 1. The third-order valence-electron chi connectivity index (χ3n) is 4.80. The Hall–Kier alpha value is -2.48. The molecule has 1 saturated heterocycles. The molecule has 2 aromatic carbocycles. The highest BCUT2D eigenvalue weighted by Crippen LogP contribution is 2.43. The van der Waals surface area contributed by atoms with Crippen molar-refractivity contribution >= 4 is 35.0 Å². The van der Waals surface area contributed by atoms with Crippen molar-refractivity contribution in [3.8, 4) is 0 Å². The molecule has 0 spiro atoms. The molecule has 1 heterocycles. The Morgan fingerprint density at radius 2 is 1.90 bits per heavy atom. The summed E-state index contributed by atoms with van der Waals surface area (Å²) in [5.41, 5.74) is 1.10. The summed E-state index contributed by atoms with van der Waals surface area (Å²) >= 11 is 1.40. The van der Waals surface area contributed by atoms with Gasteiger partial charge in [0.1, 0.15) is 5.37 Å². The van der Waals surface area contributed by atoms with Crippen LogP contribution in [0.25, 0.3) is 0 Å². The standard InChI is InChI=1S/C22H23F3N2O2S/c1-2-3-4-8-19(28)26-17-7-5-6-15(13-17)21-27(20(29)14-30-21)18-11-9-16(10-12-18)22(23,24)25/h5-7,9-13,21H,2-4,8,14H2,1H3,(H,26,28). The smallest absolute Gasteiger partial charge is 0.326 e. The number of rotatable bonds is 7. The minimum absolute atomic E-state index is 0.0599. The molecular formula is C22H23F3N2O2S. The number of hydrogen-bond donors (Lipinski definition) is 1. The van der Waals surface area contributed by atoms with Crippen molar-refractivity contribution in [3.05, 3.63) is 59.7 Å². The molecule has 4 nitrogen and oxygen atoms in total. The van der Waals surface area contributed by atoms with E-state index in [2.05, 4.69) is 12.2 Å². The second-order valence-electron chi connectivity index (χ2n) is 7.10. The fraction of sp³-hybridized carbons (Fsp3) is 0.364. The lowest BCUT2D eigenvalue weighted by atomic mass is 10.1. The molecule has 1 aliphatic rings. The third-order valence-corrected chi connectivity index (χ3v) is 6.02. The van der Waals surface area contributed by atoms with Crippen LogP contribution in [0.3, 0.4) is 0 Å². The Labute approximate surface area is 177 Å². The summed E-state index contributed by atoms with van der Waals surface area (Å²) in [5, 5.41) is 2.51. The highest BCUT2D eigenvalue weighted by Gasteiger charge is 2.35. The Bertz CT molecular complexity index is 900. The molecule has 1 N–H and O–H groups in total. The van der Waals surface area contributed by atoms with Crippen molar-refractivity contribution in [3.63, 3.8) is 0 Å². The van der Waals surface area contributed by atoms with Crippen molar-refractivity contribution in [2.45, 2.75) is 44.2 Å². The predicted octanol–water partition coefficient (Wildman–Crippen LogP) is 6.00. The van der Waals surface area contributed by atoms with E-state index in [4.69, 9.17) is 0 Å². The van der Waals surface area contributed by atoms with E-state index in [1.807, 2.05) is 12.1 Å². The number of carbonyl (C=O) groups excluding carboxylic acids is 2. The van der Waals surface area contributed by atoms with Crippen LogP contribution in [-0.2, 0) is 15.8 Å². The Kier molecular flexibility index (Phi) is 7.07. The van der Waals surface area contributed by atoms with Gasteiger partial charge in [0.25, 0.3) is 0 Å². The van der Waals surface area contributed by atoms with Crippen LogP contribution in [0, 0.1) is 0 Å². The normalized spacial score (nSPS) is 16.7. The molecule has 160 valence electrons. The van der Waals surface area contributed by atoms with Crippen molar-refractivity contribution < 1.29 is 22.8 Å². The number of carbonyl (C=O) groups is 2. The zero-order chi connectivity index (χ0) is 21.7. The first-order valence-corrected chi connectivity index (χ1v) is 10.8. The molecule has 0 aliphatic carbocycles. The topological polar surface area (TPSA) is 49.4 Å². The highest BCUT2D eigenvalue weighted by molar-refractivity contribution is 8.00. The maximum atomic E-state index is 12.8. The van der Waals surface area contributed by atoms with Gasteiger partial charge in [-0.25, -0.2) is 0 Å². The predicted molar refractivity (Wildman–Crippen MR) is 113 cm³/mol. The maximum Gasteiger partial charge on any atom is 0.416 e. The van der Waals surface area contributed by atoms with Gasteiger partial charge in [-0.15, -0.1) is 11.8 Å². The summed E-state index contributed by atoms with van der Waals surface area (Å²) in [6.07, 6.45) is -1.11. The summed E-state index contributed by atoms with van der Waals surface area (Å²) in [4.78, 5) is 26.1. The quantitative estimate of drug-likeness (QED) is 0.542. The van der Waals surface area contributed by atoms with E-state index in [0.29, 0.717) is 17.8 Å². The van der Waals surface area contributed by atoms with Crippen LogP contribution in [0.1, 0.15) is 49.1 Å². The Balaban J connectivity index is 1.77. The van der Waals surface area contributed by atoms with E-state index in [-0.39, 0.29) is 22.9 Å². The molecule has 0 bridgehead atoms. The van der Waals surface area contributed by atoms with E-state index < -0.39 is 11.7 Å². The second kappa shape index (κ2) is 9.55. The number of benzene rings is 2. The summed E-state index contributed by atoms with van der Waals surface area (Å²) in [5.74, 6) is 0.00773. The number of nitrogens with one attached hydrogen (secondary N) is 1. The van der Waals surface area contributed by atoms with Crippen LogP contribution >= 0.6 is 11.8 Å². The summed E-state index contributed by atoms with van der Waals surface area (Å²) in [6, 6.07) is 11.8. The third kappa shape index (κ3) is 5.36. The van der Waals surface area contributed by atoms with Gasteiger partial charge in [0.2, 0.25) is 11.8 Å². The van der Waals surface area contributed by atoms with E-state index in [1.54, 1.807) is 12.1 Å². The van der Waals surface area contributed by atoms with Crippen LogP contribution in [0.5, 0.6) is 0 Å². The zero-order valence-corrected chi connectivity index (χ0v) is 17.4. The van der Waals surface area contributed by atoms with Crippen molar-refractivity contribution in [2.24, 2.45) is 0 Å². The molecule has 2 amide bonds. The minimum Gasteiger partial charge on any atom is -0.326 e. The average molecular weight is 436 g/mol. The molecule has 1 atom stereocenters. The lowest BCUT2D eigenvalue weighted by molar-refractivity contribution is -0.137. The Morgan fingerprint density at radius 1 is 1.17 bits per heavy atom. The SMILES string of the molecule is CCCCCC(=O)Nc1cccc(C2SCC(=O)N2c2ccc(C(F)(F)F)cc2)c1. The van der Waals surface area contributed by atoms with Gasteiger partial charge in [0.15, 0.2) is 0 Å². The van der Waals surface area contributed by atoms with Crippen LogP contribution in [0.2, 0.25) is 0 Å². The molecule has 2 aromatic rings. The number of unbranched alkanes of at least 4 members (excludes halogenated alkanes) is 2. The van der Waals surface area contributed by atoms with Gasteiger partial charge in [-0.1, -0.05) is 31.9 Å². The molecule has 1 fully saturated rings. The van der Waals surface area contributed by atoms with Gasteiger partial charge in [0, 0.05) is 17.8 Å². The average Bonchev–Trinajstić information content (AvgIpc) is 3.09. The number of hydrogen-bond acceptors (Lipinski definition) is 3. The maximum absolute atomic E-state index is 12.8. The van der Waals surface area contributed by atoms with E-state index in [1.165, 1.54) is 28.8 Å². The lowest BCUT2D eigenvalue weighted by Gasteiger charge is -2.25. The van der Waals surface area contributed by atoms with Crippen LogP contribution < -0.4 is 10.2 Å². The first-order chi connectivity index (χ1) is 14.3. The fourth-order valence-corrected chi connectivity index (χ4v) is 4.46. The minimum atomic E-state index is -4.43. The summed E-state index contributed by atoms with van der Waals surface area (Å²) in [7, 11) is 0. The first-order valence-electron chi connectivity index (χ1n) is 9.80.